The highest BCUT2D eigenvalue weighted by Gasteiger charge is 2.22. The maximum atomic E-state index is 14.5. The van der Waals surface area contributed by atoms with E-state index in [1.54, 1.807) is 12.1 Å². The Labute approximate surface area is 216 Å². The second-order valence-electron chi connectivity index (χ2n) is 10.7. The summed E-state index contributed by atoms with van der Waals surface area (Å²) in [5, 5.41) is 0. The van der Waals surface area contributed by atoms with E-state index < -0.39 is 0 Å². The molecule has 1 aliphatic carbocycles. The zero-order chi connectivity index (χ0) is 25.3. The Hall–Kier alpha value is -2.74. The molecule has 0 radical (unpaired) electrons. The number of hydrogen-bond donors (Lipinski definition) is 0. The van der Waals surface area contributed by atoms with Gasteiger partial charge in [-0.3, -0.25) is 0 Å². The van der Waals surface area contributed by atoms with E-state index in [-0.39, 0.29) is 17.2 Å². The zero-order valence-corrected chi connectivity index (χ0v) is 21.9. The molecule has 0 heterocycles. The summed E-state index contributed by atoms with van der Waals surface area (Å²) in [4.78, 5) is 0. The number of allylic oxidation sites excluding steroid dienone is 2. The van der Waals surface area contributed by atoms with E-state index in [0.717, 1.165) is 24.8 Å². The van der Waals surface area contributed by atoms with Crippen molar-refractivity contribution < 1.29 is 8.78 Å². The number of halogens is 2. The summed E-state index contributed by atoms with van der Waals surface area (Å²) >= 11 is 0. The predicted molar refractivity (Wildman–Crippen MR) is 148 cm³/mol. The fraction of sp³-hybridized carbons (Fsp3) is 0.412. The molecule has 0 N–H and O–H groups in total. The first-order valence-electron chi connectivity index (χ1n) is 13.7. The summed E-state index contributed by atoms with van der Waals surface area (Å²) in [5.74, 6) is 1.02. The molecular formula is C34H40F2. The average Bonchev–Trinajstić information content (AvgIpc) is 2.90. The molecule has 1 fully saturated rings. The largest absolute Gasteiger partial charge is 0.207 e. The van der Waals surface area contributed by atoms with Crippen LogP contribution in [0, 0.1) is 17.6 Å². The van der Waals surface area contributed by atoms with E-state index in [0.29, 0.717) is 30.6 Å². The predicted octanol–water partition coefficient (Wildman–Crippen LogP) is 9.73. The van der Waals surface area contributed by atoms with Crippen LogP contribution in [0.4, 0.5) is 8.78 Å². The van der Waals surface area contributed by atoms with E-state index in [1.807, 2.05) is 19.1 Å². The monoisotopic (exact) mass is 486 g/mol. The van der Waals surface area contributed by atoms with Crippen molar-refractivity contribution in [2.24, 2.45) is 5.92 Å². The van der Waals surface area contributed by atoms with Crippen molar-refractivity contribution >= 4 is 0 Å². The van der Waals surface area contributed by atoms with Gasteiger partial charge in [-0.25, -0.2) is 8.78 Å². The van der Waals surface area contributed by atoms with Crippen molar-refractivity contribution in [2.45, 2.75) is 83.5 Å². The lowest BCUT2D eigenvalue weighted by atomic mass is 9.76. The third-order valence-corrected chi connectivity index (χ3v) is 8.05. The number of hydrogen-bond acceptors (Lipinski definition) is 0. The molecule has 0 nitrogen and oxygen atoms in total. The van der Waals surface area contributed by atoms with Gasteiger partial charge in [0.25, 0.3) is 0 Å². The summed E-state index contributed by atoms with van der Waals surface area (Å²) in [6.07, 6.45) is 12.6. The molecule has 0 amide bonds. The van der Waals surface area contributed by atoms with Gasteiger partial charge in [-0.2, -0.15) is 0 Å². The van der Waals surface area contributed by atoms with Crippen molar-refractivity contribution in [3.05, 3.63) is 118 Å². The van der Waals surface area contributed by atoms with Crippen LogP contribution in [-0.2, 0) is 19.3 Å². The van der Waals surface area contributed by atoms with Gasteiger partial charge in [0.05, 0.1) is 0 Å². The molecule has 190 valence electrons. The minimum Gasteiger partial charge on any atom is -0.207 e. The third kappa shape index (κ3) is 7.15. The number of benzene rings is 3. The fourth-order valence-electron chi connectivity index (χ4n) is 5.77. The van der Waals surface area contributed by atoms with Crippen LogP contribution in [0.1, 0.15) is 92.0 Å². The van der Waals surface area contributed by atoms with Crippen LogP contribution in [0.25, 0.3) is 0 Å². The van der Waals surface area contributed by atoms with Crippen molar-refractivity contribution in [3.63, 3.8) is 0 Å². The van der Waals surface area contributed by atoms with Crippen LogP contribution in [0.3, 0.4) is 0 Å². The summed E-state index contributed by atoms with van der Waals surface area (Å²) in [6, 6.07) is 23.1. The topological polar surface area (TPSA) is 0 Å². The lowest BCUT2D eigenvalue weighted by molar-refractivity contribution is 0.310. The Morgan fingerprint density at radius 3 is 2.14 bits per heavy atom. The van der Waals surface area contributed by atoms with Gasteiger partial charge in [0.1, 0.15) is 11.6 Å². The average molecular weight is 487 g/mol. The van der Waals surface area contributed by atoms with Crippen molar-refractivity contribution in [3.8, 4) is 0 Å². The van der Waals surface area contributed by atoms with E-state index in [1.165, 1.54) is 42.4 Å². The normalized spacial score (nSPS) is 19.0. The van der Waals surface area contributed by atoms with E-state index in [4.69, 9.17) is 0 Å². The van der Waals surface area contributed by atoms with E-state index in [9.17, 15) is 8.78 Å². The highest BCUT2D eigenvalue weighted by atomic mass is 19.1. The Morgan fingerprint density at radius 2 is 1.50 bits per heavy atom. The zero-order valence-electron chi connectivity index (χ0n) is 21.9. The molecule has 0 spiro atoms. The summed E-state index contributed by atoms with van der Waals surface area (Å²) < 4.78 is 28.9. The van der Waals surface area contributed by atoms with Gasteiger partial charge in [-0.15, -0.1) is 0 Å². The first-order valence-corrected chi connectivity index (χ1v) is 13.7. The molecule has 0 unspecified atom stereocenters. The number of aryl methyl sites for hydroxylation is 1. The van der Waals surface area contributed by atoms with Crippen molar-refractivity contribution in [1.29, 1.82) is 0 Å². The molecule has 4 rings (SSSR count). The van der Waals surface area contributed by atoms with Gasteiger partial charge in [0.2, 0.25) is 0 Å². The van der Waals surface area contributed by atoms with E-state index >= 15 is 0 Å². The second kappa shape index (κ2) is 13.0. The first-order chi connectivity index (χ1) is 17.5. The standard InChI is InChI=1S/C34H40F2/c1-3-4-6-11-32-33(35)23-28(24-34(32)36)13-12-26-14-18-30(19-15-26)31-20-16-27(17-21-31)22-25(2)29-9-7-5-8-10-29/h3-5,7-10,16-17,20-21,23-26,30H,6,11-15,18-19,22H2,1-2H3/b4-3+/t25-,26?,30?/m0/s1. The summed E-state index contributed by atoms with van der Waals surface area (Å²) in [7, 11) is 0. The Kier molecular flexibility index (Phi) is 9.50. The highest BCUT2D eigenvalue weighted by molar-refractivity contribution is 5.29. The minimum absolute atomic E-state index is 0.220. The number of rotatable bonds is 10. The molecular weight excluding hydrogens is 446 g/mol. The van der Waals surface area contributed by atoms with Crippen molar-refractivity contribution in [1.82, 2.24) is 0 Å². The van der Waals surface area contributed by atoms with Crippen LogP contribution in [0.2, 0.25) is 0 Å². The molecule has 1 aliphatic rings. The van der Waals surface area contributed by atoms with Gasteiger partial charge in [0.15, 0.2) is 0 Å². The Bertz CT molecular complexity index is 1080. The Morgan fingerprint density at radius 1 is 0.833 bits per heavy atom. The maximum absolute atomic E-state index is 14.5. The lowest BCUT2D eigenvalue weighted by Crippen LogP contribution is -2.14. The first kappa shape index (κ1) is 26.3. The molecule has 0 bridgehead atoms. The minimum atomic E-state index is -0.389. The fourth-order valence-corrected chi connectivity index (χ4v) is 5.77. The second-order valence-corrected chi connectivity index (χ2v) is 10.7. The molecule has 1 atom stereocenters. The van der Waals surface area contributed by atoms with Crippen LogP contribution in [0.15, 0.2) is 78.9 Å². The van der Waals surface area contributed by atoms with Gasteiger partial charge < -0.3 is 0 Å². The molecule has 3 aromatic rings. The molecule has 1 saturated carbocycles. The van der Waals surface area contributed by atoms with Crippen molar-refractivity contribution in [2.75, 3.05) is 0 Å². The van der Waals surface area contributed by atoms with Crippen LogP contribution < -0.4 is 0 Å². The molecule has 36 heavy (non-hydrogen) atoms. The maximum Gasteiger partial charge on any atom is 0.129 e. The van der Waals surface area contributed by atoms with Crippen LogP contribution in [-0.4, -0.2) is 0 Å². The van der Waals surface area contributed by atoms with Crippen LogP contribution in [0.5, 0.6) is 0 Å². The summed E-state index contributed by atoms with van der Waals surface area (Å²) in [6.45, 7) is 4.22. The SMILES string of the molecule is C/C=C/CCc1c(F)cc(CCC2CCC(c3ccc(C[C@H](C)c4ccccc4)cc3)CC2)cc1F. The van der Waals surface area contributed by atoms with Gasteiger partial charge >= 0.3 is 0 Å². The lowest BCUT2D eigenvalue weighted by Gasteiger charge is -2.29. The van der Waals surface area contributed by atoms with Gasteiger partial charge in [-0.05, 0) is 117 Å². The van der Waals surface area contributed by atoms with Gasteiger partial charge in [0, 0.05) is 5.56 Å². The Balaban J connectivity index is 1.24. The highest BCUT2D eigenvalue weighted by Crippen LogP contribution is 2.38. The van der Waals surface area contributed by atoms with Gasteiger partial charge in [-0.1, -0.05) is 73.7 Å². The quantitative estimate of drug-likeness (QED) is 0.250. The molecule has 3 aromatic carbocycles. The smallest absolute Gasteiger partial charge is 0.129 e. The summed E-state index contributed by atoms with van der Waals surface area (Å²) in [5.41, 5.74) is 5.27. The third-order valence-electron chi connectivity index (χ3n) is 8.05. The molecule has 0 aliphatic heterocycles. The molecule has 0 aromatic heterocycles. The molecule has 0 saturated heterocycles. The van der Waals surface area contributed by atoms with Crippen LogP contribution >= 0.6 is 0 Å². The molecule has 2 heteroatoms. The van der Waals surface area contributed by atoms with E-state index in [2.05, 4.69) is 61.5 Å².